The Morgan fingerprint density at radius 2 is 1.75 bits per heavy atom. The Balaban J connectivity index is 2.63. The van der Waals surface area contributed by atoms with Crippen LogP contribution in [-0.4, -0.2) is 48.4 Å². The van der Waals surface area contributed by atoms with Crippen molar-refractivity contribution in [3.63, 3.8) is 0 Å². The second-order valence-electron chi connectivity index (χ2n) is 7.25. The van der Waals surface area contributed by atoms with Crippen molar-refractivity contribution < 1.29 is 19.4 Å². The number of amides is 1. The van der Waals surface area contributed by atoms with Crippen molar-refractivity contribution in [1.82, 2.24) is 4.90 Å². The van der Waals surface area contributed by atoms with E-state index in [-0.39, 0.29) is 23.9 Å². The Labute approximate surface area is 123 Å². The van der Waals surface area contributed by atoms with Crippen molar-refractivity contribution in [2.24, 2.45) is 0 Å². The molecule has 0 aromatic carbocycles. The zero-order valence-electron chi connectivity index (χ0n) is 13.3. The zero-order valence-corrected chi connectivity index (χ0v) is 14.3. The van der Waals surface area contributed by atoms with Crippen LogP contribution in [0.3, 0.4) is 0 Å². The molecule has 0 spiro atoms. The fourth-order valence-corrected chi connectivity index (χ4v) is 3.03. The van der Waals surface area contributed by atoms with Gasteiger partial charge in [-0.15, -0.1) is 0 Å². The lowest BCUT2D eigenvalue weighted by Gasteiger charge is -2.40. The molecule has 0 radical (unpaired) electrons. The average Bonchev–Trinajstić information content (AvgIpc) is 2.29. The minimum Gasteiger partial charge on any atom is -0.465 e. The summed E-state index contributed by atoms with van der Waals surface area (Å²) in [5.41, 5.74) is 0. The molecule has 0 heterocycles. The van der Waals surface area contributed by atoms with E-state index in [0.29, 0.717) is 25.7 Å². The summed E-state index contributed by atoms with van der Waals surface area (Å²) >= 11 is 0. The topological polar surface area (TPSA) is 70.0 Å². The van der Waals surface area contributed by atoms with Crippen LogP contribution in [-0.2, 0) is 4.43 Å². The molecular weight excluding hydrogens is 274 g/mol. The molecule has 1 amide bonds. The van der Waals surface area contributed by atoms with E-state index in [1.807, 2.05) is 0 Å². The van der Waals surface area contributed by atoms with Crippen LogP contribution in [0.25, 0.3) is 0 Å². The van der Waals surface area contributed by atoms with Crippen LogP contribution >= 0.6 is 0 Å². The molecule has 0 bridgehead atoms. The van der Waals surface area contributed by atoms with Crippen molar-refractivity contribution in [2.75, 3.05) is 6.73 Å². The molecule has 1 fully saturated rings. The molecule has 2 N–H and O–H groups in total. The first-order valence-corrected chi connectivity index (χ1v) is 10.3. The Bertz CT molecular complexity index is 333. The highest BCUT2D eigenvalue weighted by molar-refractivity contribution is 6.74. The third-order valence-corrected chi connectivity index (χ3v) is 9.19. The molecule has 0 aromatic heterocycles. The van der Waals surface area contributed by atoms with Gasteiger partial charge < -0.3 is 14.6 Å². The molecule has 1 rings (SSSR count). The van der Waals surface area contributed by atoms with Gasteiger partial charge in [0.2, 0.25) is 0 Å². The van der Waals surface area contributed by atoms with Crippen molar-refractivity contribution >= 4 is 14.4 Å². The fourth-order valence-electron chi connectivity index (χ4n) is 2.13. The summed E-state index contributed by atoms with van der Waals surface area (Å²) in [4.78, 5) is 12.9. The van der Waals surface area contributed by atoms with Crippen LogP contribution in [0, 0.1) is 0 Å². The van der Waals surface area contributed by atoms with Crippen LogP contribution < -0.4 is 0 Å². The van der Waals surface area contributed by atoms with E-state index in [1.54, 1.807) is 0 Å². The lowest BCUT2D eigenvalue weighted by atomic mass is 9.92. The molecule has 1 aliphatic rings. The van der Waals surface area contributed by atoms with Crippen LogP contribution in [0.5, 0.6) is 0 Å². The fraction of sp³-hybridized carbons (Fsp3) is 0.929. The van der Waals surface area contributed by atoms with E-state index < -0.39 is 14.4 Å². The average molecular weight is 303 g/mol. The van der Waals surface area contributed by atoms with E-state index in [2.05, 4.69) is 33.9 Å². The summed E-state index contributed by atoms with van der Waals surface area (Å²) in [6.07, 6.45) is 1.58. The summed E-state index contributed by atoms with van der Waals surface area (Å²) in [6.45, 7) is 10.8. The molecule has 0 unspecified atom stereocenters. The molecule has 0 saturated heterocycles. The summed E-state index contributed by atoms with van der Waals surface area (Å²) in [5, 5.41) is 19.0. The highest BCUT2D eigenvalue weighted by atomic mass is 28.4. The number of hydrogen-bond donors (Lipinski definition) is 2. The number of carbonyl (C=O) groups is 1. The number of carboxylic acid groups (broad SMARTS) is 1. The number of nitrogens with zero attached hydrogens (tertiary/aromatic N) is 1. The van der Waals surface area contributed by atoms with Gasteiger partial charge in [0.25, 0.3) is 0 Å². The SMILES string of the molecule is CC(C)(C)[Si](C)(C)OCN(C(=O)O)C1CCC(O)CC1. The molecule has 0 aromatic rings. The first kappa shape index (κ1) is 17.5. The van der Waals surface area contributed by atoms with Crippen LogP contribution in [0.1, 0.15) is 46.5 Å². The van der Waals surface area contributed by atoms with Gasteiger partial charge in [0.15, 0.2) is 8.32 Å². The quantitative estimate of drug-likeness (QED) is 0.618. The molecule has 1 aliphatic carbocycles. The van der Waals surface area contributed by atoms with Crippen LogP contribution in [0.2, 0.25) is 18.1 Å². The predicted molar refractivity (Wildman–Crippen MR) is 81.3 cm³/mol. The molecule has 1 saturated carbocycles. The molecule has 0 aliphatic heterocycles. The van der Waals surface area contributed by atoms with Crippen molar-refractivity contribution in [3.8, 4) is 0 Å². The van der Waals surface area contributed by atoms with Gasteiger partial charge in [-0.25, -0.2) is 4.79 Å². The summed E-state index contributed by atoms with van der Waals surface area (Å²) in [6, 6.07) is -0.0272. The maximum atomic E-state index is 11.4. The van der Waals surface area contributed by atoms with Crippen LogP contribution in [0.15, 0.2) is 0 Å². The maximum absolute atomic E-state index is 11.4. The molecule has 0 atom stereocenters. The van der Waals surface area contributed by atoms with Gasteiger partial charge in [0, 0.05) is 6.04 Å². The Hall–Kier alpha value is -0.593. The van der Waals surface area contributed by atoms with Gasteiger partial charge in [0.1, 0.15) is 6.73 Å². The van der Waals surface area contributed by atoms with E-state index in [1.165, 1.54) is 4.90 Å². The van der Waals surface area contributed by atoms with Crippen molar-refractivity contribution in [1.29, 1.82) is 0 Å². The second-order valence-corrected chi connectivity index (χ2v) is 12.1. The van der Waals surface area contributed by atoms with E-state index >= 15 is 0 Å². The number of rotatable bonds is 4. The minimum absolute atomic E-state index is 0.0272. The highest BCUT2D eigenvalue weighted by Gasteiger charge is 2.38. The van der Waals surface area contributed by atoms with Gasteiger partial charge >= 0.3 is 6.09 Å². The summed E-state index contributed by atoms with van der Waals surface area (Å²) < 4.78 is 6.02. The standard InChI is InChI=1S/C14H29NO4Si/c1-14(2,3)20(4,5)19-10-15(13(17)18)11-6-8-12(16)9-7-11/h11-12,16H,6-10H2,1-5H3,(H,17,18). The Kier molecular flexibility index (Phi) is 5.63. The lowest BCUT2D eigenvalue weighted by molar-refractivity contribution is 0.0323. The number of aliphatic hydroxyl groups excluding tert-OH is 1. The number of aliphatic hydroxyl groups is 1. The molecule has 6 heteroatoms. The van der Waals surface area contributed by atoms with E-state index in [9.17, 15) is 15.0 Å². The van der Waals surface area contributed by atoms with Gasteiger partial charge in [-0.2, -0.15) is 0 Å². The van der Waals surface area contributed by atoms with E-state index in [0.717, 1.165) is 0 Å². The third-order valence-electron chi connectivity index (χ3n) is 4.72. The first-order chi connectivity index (χ1) is 9.04. The highest BCUT2D eigenvalue weighted by Crippen LogP contribution is 2.37. The first-order valence-electron chi connectivity index (χ1n) is 7.36. The zero-order chi connectivity index (χ0) is 15.6. The minimum atomic E-state index is -1.94. The van der Waals surface area contributed by atoms with Gasteiger partial charge in [-0.1, -0.05) is 20.8 Å². The maximum Gasteiger partial charge on any atom is 0.409 e. The molecule has 5 nitrogen and oxygen atoms in total. The summed E-state index contributed by atoms with van der Waals surface area (Å²) in [7, 11) is -1.94. The monoisotopic (exact) mass is 303 g/mol. The predicted octanol–water partition coefficient (Wildman–Crippen LogP) is 3.25. The second kappa shape index (κ2) is 6.45. The Morgan fingerprint density at radius 1 is 1.25 bits per heavy atom. The van der Waals surface area contributed by atoms with E-state index in [4.69, 9.17) is 4.43 Å². The van der Waals surface area contributed by atoms with Gasteiger partial charge in [-0.3, -0.25) is 4.90 Å². The van der Waals surface area contributed by atoms with Gasteiger partial charge in [0.05, 0.1) is 6.10 Å². The number of hydrogen-bond acceptors (Lipinski definition) is 3. The summed E-state index contributed by atoms with van der Waals surface area (Å²) in [5.74, 6) is 0. The molecular formula is C14H29NO4Si. The van der Waals surface area contributed by atoms with Crippen LogP contribution in [0.4, 0.5) is 4.79 Å². The van der Waals surface area contributed by atoms with Gasteiger partial charge in [-0.05, 0) is 43.8 Å². The molecule has 118 valence electrons. The smallest absolute Gasteiger partial charge is 0.409 e. The molecule has 20 heavy (non-hydrogen) atoms. The third kappa shape index (κ3) is 4.46. The normalized spacial score (nSPS) is 24.5. The van der Waals surface area contributed by atoms with Crippen molar-refractivity contribution in [2.45, 2.75) is 76.7 Å². The largest absolute Gasteiger partial charge is 0.465 e. The Morgan fingerprint density at radius 3 is 2.15 bits per heavy atom. The lowest BCUT2D eigenvalue weighted by Crippen LogP contribution is -2.49. The van der Waals surface area contributed by atoms with Crippen molar-refractivity contribution in [3.05, 3.63) is 0 Å².